The van der Waals surface area contributed by atoms with E-state index >= 15 is 0 Å². The van der Waals surface area contributed by atoms with Crippen LogP contribution in [0, 0.1) is 29.6 Å². The molecular formula is C77H123F3O15. The Hall–Kier alpha value is -5.68. The monoisotopic (exact) mass is 1340 g/mol. The second-order valence-electron chi connectivity index (χ2n) is 30.5. The average molecular weight is 1350 g/mol. The van der Waals surface area contributed by atoms with Crippen LogP contribution in [0.2, 0.25) is 0 Å². The van der Waals surface area contributed by atoms with E-state index in [1.165, 1.54) is 137 Å². The van der Waals surface area contributed by atoms with E-state index in [0.717, 1.165) is 76.0 Å². The van der Waals surface area contributed by atoms with Crippen LogP contribution in [0.25, 0.3) is 0 Å². The zero-order valence-electron chi connectivity index (χ0n) is 61.6. The Labute approximate surface area is 569 Å². The number of hydrogen-bond acceptors (Lipinski definition) is 15. The number of carbonyl (C=O) groups excluding carboxylic acids is 7. The highest BCUT2D eigenvalue weighted by Crippen LogP contribution is 2.59. The van der Waals surface area contributed by atoms with Crippen LogP contribution in [0.15, 0.2) is 72.9 Å². The molecule has 0 N–H and O–H groups in total. The lowest BCUT2D eigenvalue weighted by atomic mass is 9.50. The summed E-state index contributed by atoms with van der Waals surface area (Å²) in [5, 5.41) is 0. The Morgan fingerprint density at radius 1 is 0.442 bits per heavy atom. The Morgan fingerprint density at radius 3 is 1.12 bits per heavy atom. The molecule has 8 saturated carbocycles. The molecule has 95 heavy (non-hydrogen) atoms. The molecule has 8 rings (SSSR count). The van der Waals surface area contributed by atoms with E-state index in [-0.39, 0.29) is 63.4 Å². The first-order valence-corrected chi connectivity index (χ1v) is 35.1. The maximum Gasteiger partial charge on any atom is 0.509 e. The minimum atomic E-state index is -4.87. The molecule has 8 aliphatic carbocycles. The summed E-state index contributed by atoms with van der Waals surface area (Å²) in [5.74, 6) is 1.46. The van der Waals surface area contributed by atoms with Crippen molar-refractivity contribution >= 4 is 42.0 Å². The van der Waals surface area contributed by atoms with Crippen molar-refractivity contribution in [3.63, 3.8) is 0 Å². The van der Waals surface area contributed by atoms with Crippen LogP contribution >= 0.6 is 0 Å². The number of hydrogen-bond donors (Lipinski definition) is 0. The molecule has 0 saturated heterocycles. The molecule has 0 spiro atoms. The number of alkyl halides is 3. The Balaban J connectivity index is 0.000000393. The van der Waals surface area contributed by atoms with Gasteiger partial charge in [-0.1, -0.05) is 86.4 Å². The van der Waals surface area contributed by atoms with E-state index in [1.54, 1.807) is 34.6 Å². The second kappa shape index (κ2) is 37.3. The summed E-state index contributed by atoms with van der Waals surface area (Å²) in [5.41, 5.74) is -2.29. The van der Waals surface area contributed by atoms with E-state index in [4.69, 9.17) is 33.2 Å². The van der Waals surface area contributed by atoms with Crippen LogP contribution in [0.1, 0.15) is 291 Å². The van der Waals surface area contributed by atoms with Crippen molar-refractivity contribution in [3.05, 3.63) is 72.9 Å². The smallest absolute Gasteiger partial charge is 0.459 e. The van der Waals surface area contributed by atoms with Crippen LogP contribution in [-0.2, 0) is 66.7 Å². The van der Waals surface area contributed by atoms with Gasteiger partial charge in [0, 0.05) is 39.9 Å². The maximum atomic E-state index is 13.3. The fourth-order valence-electron chi connectivity index (χ4n) is 13.9. The van der Waals surface area contributed by atoms with Crippen LogP contribution in [0.5, 0.6) is 0 Å². The SMILES string of the molecule is C=C(C)C(=O)OC(C)CC(C)(OC(=O)OC(C)(C)C)C(F)(F)F.C=C(C)C(=O)OC1(C(C)C)CCCC1.C=C(C)C(=O)OC1(C)C2CC3CC(C2)CC1C3.C=C(C)C(=O)OC1(C)CCCC1.C=C(C)C(=O)OC1(CC)CCCC1.C=C(C)C(=O)OC1(CC)CCCCCCC1. The molecule has 542 valence electrons. The predicted molar refractivity (Wildman–Crippen MR) is 366 cm³/mol. The molecule has 4 bridgehead atoms. The summed E-state index contributed by atoms with van der Waals surface area (Å²) in [6.07, 6.45) is 21.4. The molecule has 0 heterocycles. The van der Waals surface area contributed by atoms with Gasteiger partial charge in [0.15, 0.2) is 0 Å². The molecule has 2 unspecified atom stereocenters. The third-order valence-electron chi connectivity index (χ3n) is 19.9. The van der Waals surface area contributed by atoms with E-state index in [9.17, 15) is 46.7 Å². The molecule has 15 nitrogen and oxygen atoms in total. The summed E-state index contributed by atoms with van der Waals surface area (Å²) in [4.78, 5) is 80.4. The number of halogens is 3. The maximum absolute atomic E-state index is 13.3. The number of esters is 6. The normalized spacial score (nSPS) is 24.0. The summed E-state index contributed by atoms with van der Waals surface area (Å²) >= 11 is 0. The third kappa shape index (κ3) is 27.6. The highest BCUT2D eigenvalue weighted by Gasteiger charge is 2.58. The van der Waals surface area contributed by atoms with Gasteiger partial charge in [0.2, 0.25) is 5.60 Å². The van der Waals surface area contributed by atoms with Crippen LogP contribution in [0.3, 0.4) is 0 Å². The Kier molecular flexibility index (Phi) is 33.6. The largest absolute Gasteiger partial charge is 0.509 e. The first-order valence-electron chi connectivity index (χ1n) is 35.1. The van der Waals surface area contributed by atoms with Gasteiger partial charge in [-0.3, -0.25) is 0 Å². The Morgan fingerprint density at radius 2 is 0.768 bits per heavy atom. The first-order chi connectivity index (χ1) is 43.8. The molecule has 8 aliphatic rings. The molecule has 0 aliphatic heterocycles. The van der Waals surface area contributed by atoms with Gasteiger partial charge in [0.1, 0.15) is 39.7 Å². The van der Waals surface area contributed by atoms with Crippen molar-refractivity contribution in [1.29, 1.82) is 0 Å². The van der Waals surface area contributed by atoms with Gasteiger partial charge in [-0.15, -0.1) is 0 Å². The predicted octanol–water partition coefficient (Wildman–Crippen LogP) is 19.8. The van der Waals surface area contributed by atoms with E-state index in [1.807, 2.05) is 6.92 Å². The lowest BCUT2D eigenvalue weighted by Gasteiger charge is -2.59. The molecule has 2 atom stereocenters. The number of carbonyl (C=O) groups is 7. The minimum Gasteiger partial charge on any atom is -0.459 e. The lowest BCUT2D eigenvalue weighted by Crippen LogP contribution is -2.58. The van der Waals surface area contributed by atoms with Gasteiger partial charge in [0.05, 0.1) is 0 Å². The van der Waals surface area contributed by atoms with Crippen molar-refractivity contribution in [2.24, 2.45) is 29.6 Å². The summed E-state index contributed by atoms with van der Waals surface area (Å²) in [6, 6.07) is 0. The highest BCUT2D eigenvalue weighted by molar-refractivity contribution is 5.89. The zero-order chi connectivity index (χ0) is 72.7. The minimum absolute atomic E-state index is 0.0543. The van der Waals surface area contributed by atoms with Gasteiger partial charge in [-0.2, -0.15) is 13.2 Å². The number of ether oxygens (including phenoxy) is 8. The molecule has 0 amide bonds. The van der Waals surface area contributed by atoms with E-state index in [0.29, 0.717) is 52.5 Å². The first kappa shape index (κ1) is 85.4. The molecule has 0 aromatic heterocycles. The van der Waals surface area contributed by atoms with Gasteiger partial charge in [-0.05, 0) is 267 Å². The topological polar surface area (TPSA) is 193 Å². The Bertz CT molecular complexity index is 2620. The van der Waals surface area contributed by atoms with Crippen molar-refractivity contribution in [3.8, 4) is 0 Å². The average Bonchev–Trinajstić information content (AvgIpc) is 1.49. The quantitative estimate of drug-likeness (QED) is 0.0714. The van der Waals surface area contributed by atoms with Crippen LogP contribution in [-0.4, -0.2) is 93.5 Å². The van der Waals surface area contributed by atoms with Crippen molar-refractivity contribution in [2.75, 3.05) is 0 Å². The van der Waals surface area contributed by atoms with Crippen LogP contribution in [0.4, 0.5) is 18.0 Å². The molecule has 8 fully saturated rings. The molecular weight excluding hydrogens is 1220 g/mol. The van der Waals surface area contributed by atoms with Crippen molar-refractivity contribution in [2.45, 2.75) is 343 Å². The fraction of sp³-hybridized carbons (Fsp3) is 0.753. The summed E-state index contributed by atoms with van der Waals surface area (Å²) in [7, 11) is 0. The molecule has 0 aromatic carbocycles. The zero-order valence-corrected chi connectivity index (χ0v) is 61.6. The molecule has 18 heteroatoms. The van der Waals surface area contributed by atoms with Gasteiger partial charge in [0.25, 0.3) is 0 Å². The summed E-state index contributed by atoms with van der Waals surface area (Å²) < 4.78 is 81.7. The van der Waals surface area contributed by atoms with E-state index in [2.05, 4.69) is 78.8 Å². The highest BCUT2D eigenvalue weighted by atomic mass is 19.4. The van der Waals surface area contributed by atoms with Gasteiger partial charge >= 0.3 is 48.1 Å². The fourth-order valence-corrected chi connectivity index (χ4v) is 13.9. The number of rotatable bonds is 18. The van der Waals surface area contributed by atoms with Crippen molar-refractivity contribution < 1.29 is 84.6 Å². The molecule has 0 aromatic rings. The van der Waals surface area contributed by atoms with Crippen molar-refractivity contribution in [1.82, 2.24) is 0 Å². The second-order valence-corrected chi connectivity index (χ2v) is 30.5. The summed E-state index contributed by atoms with van der Waals surface area (Å²) in [6.45, 7) is 50.4. The standard InChI is InChI=1S/C15H23F3O5.C15H22O2.C14H24O2.C12H20O2.C11H18O2.C10H16O2/c1-9(2)11(19)21-10(3)8-14(7,15(16,17)18)23-12(20)22-13(4,5)6;1-9(2)14(16)17-15(3)12-5-10-4-11(7-12)8-13(15)6-10;1-4-14(16-13(15)12(2)3)10-8-6-5-7-9-11-14;1-9(2)11(13)14-12(10(3)4)7-5-6-8-12;1-4-11(7-5-6-8-11)13-10(12)9(2)3;1-8(2)9(11)12-10(3)6-4-5-7-10/h10H,1,8H2,2-7H3;10-13H,1,4-8H2,2-3H3;2,4-11H2,1,3H3;10H,1,5-8H2,2-4H3;2,4-8H2,1,3H3;1,4-7H2,2-3H3. The van der Waals surface area contributed by atoms with Crippen LogP contribution < -0.4 is 0 Å². The van der Waals surface area contributed by atoms with Gasteiger partial charge < -0.3 is 37.9 Å². The van der Waals surface area contributed by atoms with E-state index < -0.39 is 42.0 Å². The third-order valence-corrected chi connectivity index (χ3v) is 19.9. The lowest BCUT2D eigenvalue weighted by molar-refractivity contribution is -0.266. The molecule has 0 radical (unpaired) electrons. The van der Waals surface area contributed by atoms with Gasteiger partial charge in [-0.25, -0.2) is 33.6 Å².